The van der Waals surface area contributed by atoms with Gasteiger partial charge >= 0.3 is 0 Å². The fourth-order valence-corrected chi connectivity index (χ4v) is 3.68. The number of nitrogen functional groups attached to an aromatic ring is 1. The SMILES string of the molecule is CC(=O)Nc1ccc(-c2cc(-c3ccc(Oc4ccccc4)cc3)c3c(N)n[nH]c3n2)cc1. The molecule has 162 valence electrons. The van der Waals surface area contributed by atoms with E-state index in [9.17, 15) is 4.79 Å². The van der Waals surface area contributed by atoms with Gasteiger partial charge in [0.2, 0.25) is 5.91 Å². The van der Waals surface area contributed by atoms with Crippen LogP contribution in [-0.4, -0.2) is 21.1 Å². The van der Waals surface area contributed by atoms with Crippen LogP contribution < -0.4 is 15.8 Å². The number of hydrogen-bond donors (Lipinski definition) is 3. The summed E-state index contributed by atoms with van der Waals surface area (Å²) < 4.78 is 5.91. The minimum atomic E-state index is -0.114. The normalized spacial score (nSPS) is 10.8. The standard InChI is InChI=1S/C26H21N5O2/c1-16(32)28-19-11-7-18(8-12-19)23-15-22(24-25(27)30-31-26(24)29-23)17-9-13-21(14-10-17)33-20-5-3-2-4-6-20/h2-15H,1H3,(H,28,32)(H3,27,29,30,31). The first kappa shape index (κ1) is 20.3. The lowest BCUT2D eigenvalue weighted by Gasteiger charge is -2.10. The van der Waals surface area contributed by atoms with Gasteiger partial charge in [-0.3, -0.25) is 9.89 Å². The van der Waals surface area contributed by atoms with Crippen molar-refractivity contribution in [3.8, 4) is 33.9 Å². The Bertz CT molecular complexity index is 1430. The van der Waals surface area contributed by atoms with Crippen molar-refractivity contribution in [2.24, 2.45) is 0 Å². The molecule has 5 rings (SSSR count). The summed E-state index contributed by atoms with van der Waals surface area (Å²) >= 11 is 0. The minimum Gasteiger partial charge on any atom is -0.457 e. The third kappa shape index (κ3) is 4.24. The molecule has 0 atom stereocenters. The van der Waals surface area contributed by atoms with Gasteiger partial charge in [-0.2, -0.15) is 5.10 Å². The fourth-order valence-electron chi connectivity index (χ4n) is 3.68. The summed E-state index contributed by atoms with van der Waals surface area (Å²) in [4.78, 5) is 16.0. The third-order valence-electron chi connectivity index (χ3n) is 5.20. The Morgan fingerprint density at radius 1 is 0.909 bits per heavy atom. The Morgan fingerprint density at radius 2 is 1.58 bits per heavy atom. The highest BCUT2D eigenvalue weighted by Gasteiger charge is 2.15. The molecule has 7 nitrogen and oxygen atoms in total. The first-order chi connectivity index (χ1) is 16.1. The second-order valence-corrected chi connectivity index (χ2v) is 7.59. The average molecular weight is 435 g/mol. The largest absolute Gasteiger partial charge is 0.457 e. The maximum absolute atomic E-state index is 11.3. The molecule has 3 aromatic carbocycles. The molecule has 0 saturated carbocycles. The van der Waals surface area contributed by atoms with Crippen molar-refractivity contribution in [1.29, 1.82) is 0 Å². The van der Waals surface area contributed by atoms with E-state index in [1.807, 2.05) is 84.9 Å². The highest BCUT2D eigenvalue weighted by Crippen LogP contribution is 2.35. The summed E-state index contributed by atoms with van der Waals surface area (Å²) in [7, 11) is 0. The van der Waals surface area contributed by atoms with Crippen LogP contribution >= 0.6 is 0 Å². The third-order valence-corrected chi connectivity index (χ3v) is 5.20. The highest BCUT2D eigenvalue weighted by molar-refractivity contribution is 6.01. The van der Waals surface area contributed by atoms with Gasteiger partial charge in [-0.05, 0) is 53.6 Å². The molecule has 33 heavy (non-hydrogen) atoms. The van der Waals surface area contributed by atoms with E-state index in [1.165, 1.54) is 6.92 Å². The van der Waals surface area contributed by atoms with Gasteiger partial charge in [0.05, 0.1) is 11.1 Å². The summed E-state index contributed by atoms with van der Waals surface area (Å²) in [5, 5.41) is 10.6. The topological polar surface area (TPSA) is 106 Å². The Labute approximate surface area is 190 Å². The van der Waals surface area contributed by atoms with E-state index in [2.05, 4.69) is 15.5 Å². The summed E-state index contributed by atoms with van der Waals surface area (Å²) in [6, 6.07) is 27.0. The maximum atomic E-state index is 11.3. The van der Waals surface area contributed by atoms with Crippen molar-refractivity contribution in [3.05, 3.63) is 84.9 Å². The Kier molecular flexibility index (Phi) is 5.20. The summed E-state index contributed by atoms with van der Waals surface area (Å²) in [5.41, 5.74) is 11.0. The molecule has 2 heterocycles. The van der Waals surface area contributed by atoms with Crippen LogP contribution in [0, 0.1) is 0 Å². The number of pyridine rings is 1. The van der Waals surface area contributed by atoms with Crippen molar-refractivity contribution < 1.29 is 9.53 Å². The molecule has 0 spiro atoms. The highest BCUT2D eigenvalue weighted by atomic mass is 16.5. The number of H-pyrrole nitrogens is 1. The molecule has 7 heteroatoms. The van der Waals surface area contributed by atoms with Crippen molar-refractivity contribution in [2.75, 3.05) is 11.1 Å². The minimum absolute atomic E-state index is 0.114. The molecule has 2 aromatic heterocycles. The molecule has 4 N–H and O–H groups in total. The number of para-hydroxylation sites is 1. The second-order valence-electron chi connectivity index (χ2n) is 7.59. The van der Waals surface area contributed by atoms with Gasteiger partial charge in [0, 0.05) is 18.2 Å². The molecule has 0 unspecified atom stereocenters. The van der Waals surface area contributed by atoms with E-state index >= 15 is 0 Å². The van der Waals surface area contributed by atoms with Crippen LogP contribution in [0.1, 0.15) is 6.92 Å². The van der Waals surface area contributed by atoms with Gasteiger partial charge < -0.3 is 15.8 Å². The summed E-state index contributed by atoms with van der Waals surface area (Å²) in [6.45, 7) is 1.48. The number of aromatic nitrogens is 3. The van der Waals surface area contributed by atoms with Gasteiger partial charge in [-0.1, -0.05) is 42.5 Å². The predicted molar refractivity (Wildman–Crippen MR) is 130 cm³/mol. The van der Waals surface area contributed by atoms with Gasteiger partial charge in [0.1, 0.15) is 11.5 Å². The quantitative estimate of drug-likeness (QED) is 0.332. The number of anilines is 2. The second kappa shape index (κ2) is 8.47. The molecule has 0 radical (unpaired) electrons. The van der Waals surface area contributed by atoms with E-state index in [0.29, 0.717) is 11.5 Å². The monoisotopic (exact) mass is 435 g/mol. The first-order valence-corrected chi connectivity index (χ1v) is 10.4. The summed E-state index contributed by atoms with van der Waals surface area (Å²) in [6.07, 6.45) is 0. The first-order valence-electron chi connectivity index (χ1n) is 10.4. The number of nitrogens with two attached hydrogens (primary N) is 1. The zero-order valence-electron chi connectivity index (χ0n) is 17.9. The van der Waals surface area contributed by atoms with Gasteiger partial charge in [-0.25, -0.2) is 4.98 Å². The van der Waals surface area contributed by atoms with Crippen LogP contribution in [0.4, 0.5) is 11.5 Å². The van der Waals surface area contributed by atoms with Crippen LogP contribution in [0.2, 0.25) is 0 Å². The number of nitrogens with zero attached hydrogens (tertiary/aromatic N) is 2. The predicted octanol–water partition coefficient (Wildman–Crippen LogP) is 5.62. The molecule has 0 aliphatic carbocycles. The van der Waals surface area contributed by atoms with E-state index in [0.717, 1.165) is 45.0 Å². The molecule has 0 aliphatic rings. The van der Waals surface area contributed by atoms with Crippen molar-refractivity contribution in [3.63, 3.8) is 0 Å². The number of ether oxygens (including phenoxy) is 1. The van der Waals surface area contributed by atoms with Gasteiger partial charge in [0.25, 0.3) is 0 Å². The fraction of sp³-hybridized carbons (Fsp3) is 0.0385. The van der Waals surface area contributed by atoms with E-state index in [4.69, 9.17) is 15.5 Å². The Hall–Kier alpha value is -4.65. The van der Waals surface area contributed by atoms with Crippen molar-refractivity contribution in [1.82, 2.24) is 15.2 Å². The number of benzene rings is 3. The molecule has 0 bridgehead atoms. The zero-order chi connectivity index (χ0) is 22.8. The van der Waals surface area contributed by atoms with Crippen LogP contribution in [0.3, 0.4) is 0 Å². The van der Waals surface area contributed by atoms with Gasteiger partial charge in [0.15, 0.2) is 11.5 Å². The number of fused-ring (bicyclic) bond motifs is 1. The number of rotatable bonds is 5. The smallest absolute Gasteiger partial charge is 0.221 e. The van der Waals surface area contributed by atoms with Crippen LogP contribution in [0.5, 0.6) is 11.5 Å². The van der Waals surface area contributed by atoms with Crippen LogP contribution in [0.15, 0.2) is 84.9 Å². The van der Waals surface area contributed by atoms with Crippen molar-refractivity contribution >= 4 is 28.4 Å². The lowest BCUT2D eigenvalue weighted by Crippen LogP contribution is -2.05. The Balaban J connectivity index is 1.52. The van der Waals surface area contributed by atoms with Crippen molar-refractivity contribution in [2.45, 2.75) is 6.92 Å². The van der Waals surface area contributed by atoms with Crippen LogP contribution in [0.25, 0.3) is 33.4 Å². The number of carbonyl (C=O) groups is 1. The Morgan fingerprint density at radius 3 is 2.27 bits per heavy atom. The lowest BCUT2D eigenvalue weighted by atomic mass is 10.00. The molecular formula is C26H21N5O2. The molecule has 0 fully saturated rings. The number of hydrogen-bond acceptors (Lipinski definition) is 5. The lowest BCUT2D eigenvalue weighted by molar-refractivity contribution is -0.114. The summed E-state index contributed by atoms with van der Waals surface area (Å²) in [5.74, 6) is 1.80. The number of aromatic amines is 1. The molecular weight excluding hydrogens is 414 g/mol. The maximum Gasteiger partial charge on any atom is 0.221 e. The molecule has 0 aliphatic heterocycles. The molecule has 0 saturated heterocycles. The zero-order valence-corrected chi connectivity index (χ0v) is 17.9. The van der Waals surface area contributed by atoms with E-state index in [1.54, 1.807) is 0 Å². The van der Waals surface area contributed by atoms with Crippen LogP contribution in [-0.2, 0) is 4.79 Å². The van der Waals surface area contributed by atoms with Gasteiger partial charge in [-0.15, -0.1) is 0 Å². The van der Waals surface area contributed by atoms with E-state index in [-0.39, 0.29) is 5.91 Å². The average Bonchev–Trinajstić information content (AvgIpc) is 3.20. The molecule has 5 aromatic rings. The number of carbonyl (C=O) groups excluding carboxylic acids is 1. The number of nitrogens with one attached hydrogen (secondary N) is 2. The van der Waals surface area contributed by atoms with E-state index < -0.39 is 0 Å². The molecule has 1 amide bonds. The number of amides is 1.